The number of nitrogens with one attached hydrogen (secondary N) is 1. The number of ether oxygens (including phenoxy) is 2. The number of epoxide rings is 1. The Labute approximate surface area is 165 Å². The van der Waals surface area contributed by atoms with Gasteiger partial charge in [0, 0.05) is 35.3 Å². The molecular formula is C23H29NO4. The highest BCUT2D eigenvalue weighted by Crippen LogP contribution is 2.69. The van der Waals surface area contributed by atoms with Gasteiger partial charge in [0.1, 0.15) is 17.1 Å². The lowest BCUT2D eigenvalue weighted by Gasteiger charge is -2.65. The minimum Gasteiger partial charge on any atom is -0.507 e. The highest BCUT2D eigenvalue weighted by Gasteiger charge is 2.73. The molecule has 5 nitrogen and oxygen atoms in total. The van der Waals surface area contributed by atoms with E-state index < -0.39 is 0 Å². The van der Waals surface area contributed by atoms with Gasteiger partial charge < -0.3 is 19.9 Å². The van der Waals surface area contributed by atoms with E-state index in [0.29, 0.717) is 30.0 Å². The standard InChI is InChI=1S/C23H29NO4/c1-11-5-6-16-21(2,3)19-15(27-19)9-23(16)22(11,4)8-12-7-14(25)17-13(18(12)28-23)10-24-20(17)26/h7,11,15-16,19,25H,5-6,8-10H2,1-4H3,(H,24,26)/t11-,15+,16-,19-,22+,23-/m0/s1. The lowest BCUT2D eigenvalue weighted by Crippen LogP contribution is -2.69. The second kappa shape index (κ2) is 4.86. The molecule has 6 rings (SSSR count). The van der Waals surface area contributed by atoms with Gasteiger partial charge in [-0.3, -0.25) is 4.79 Å². The Balaban J connectivity index is 1.58. The minimum atomic E-state index is -0.283. The molecule has 1 saturated heterocycles. The maximum absolute atomic E-state index is 12.3. The number of hydrogen-bond acceptors (Lipinski definition) is 4. The van der Waals surface area contributed by atoms with Crippen LogP contribution in [0.25, 0.3) is 0 Å². The summed E-state index contributed by atoms with van der Waals surface area (Å²) in [6, 6.07) is 1.78. The van der Waals surface area contributed by atoms with Crippen molar-refractivity contribution in [1.29, 1.82) is 0 Å². The topological polar surface area (TPSA) is 71.1 Å². The Hall–Kier alpha value is -1.75. The molecule has 5 heteroatoms. The van der Waals surface area contributed by atoms with Gasteiger partial charge >= 0.3 is 0 Å². The first-order chi connectivity index (χ1) is 13.2. The van der Waals surface area contributed by atoms with Crippen LogP contribution in [0.2, 0.25) is 0 Å². The van der Waals surface area contributed by atoms with Crippen LogP contribution in [-0.2, 0) is 17.7 Å². The number of phenols is 1. The van der Waals surface area contributed by atoms with Gasteiger partial charge in [0.05, 0.1) is 17.8 Å². The van der Waals surface area contributed by atoms with Crippen LogP contribution in [0.4, 0.5) is 0 Å². The summed E-state index contributed by atoms with van der Waals surface area (Å²) < 4.78 is 13.2. The van der Waals surface area contributed by atoms with E-state index in [-0.39, 0.29) is 34.2 Å². The number of rotatable bonds is 0. The number of benzene rings is 1. The molecule has 0 bridgehead atoms. The van der Waals surface area contributed by atoms with E-state index in [4.69, 9.17) is 9.47 Å². The number of carbonyl (C=O) groups excluding carboxylic acids is 1. The highest BCUT2D eigenvalue weighted by atomic mass is 16.6. The number of aromatic hydroxyl groups is 1. The maximum Gasteiger partial charge on any atom is 0.255 e. The summed E-state index contributed by atoms with van der Waals surface area (Å²) in [5.74, 6) is 1.68. The van der Waals surface area contributed by atoms with E-state index in [1.807, 2.05) is 0 Å². The fourth-order valence-corrected chi connectivity index (χ4v) is 7.41. The predicted molar refractivity (Wildman–Crippen MR) is 103 cm³/mol. The molecule has 1 spiro atoms. The summed E-state index contributed by atoms with van der Waals surface area (Å²) in [7, 11) is 0. The van der Waals surface area contributed by atoms with E-state index in [2.05, 4.69) is 33.0 Å². The Morgan fingerprint density at radius 2 is 2.04 bits per heavy atom. The van der Waals surface area contributed by atoms with Gasteiger partial charge in [0.25, 0.3) is 5.91 Å². The van der Waals surface area contributed by atoms with Crippen LogP contribution in [0.5, 0.6) is 11.5 Å². The first-order valence-electron chi connectivity index (χ1n) is 10.7. The molecule has 2 saturated carbocycles. The van der Waals surface area contributed by atoms with Crippen molar-refractivity contribution in [1.82, 2.24) is 5.32 Å². The summed E-state index contributed by atoms with van der Waals surface area (Å²) >= 11 is 0. The van der Waals surface area contributed by atoms with Crippen LogP contribution < -0.4 is 10.1 Å². The minimum absolute atomic E-state index is 0.0200. The van der Waals surface area contributed by atoms with E-state index >= 15 is 0 Å². The first-order valence-corrected chi connectivity index (χ1v) is 10.7. The van der Waals surface area contributed by atoms with Gasteiger partial charge in [-0.05, 0) is 36.8 Å². The molecule has 5 aliphatic rings. The number of amides is 1. The fourth-order valence-electron chi connectivity index (χ4n) is 7.41. The number of carbonyl (C=O) groups is 1. The van der Waals surface area contributed by atoms with Gasteiger partial charge in [-0.15, -0.1) is 0 Å². The lowest BCUT2D eigenvalue weighted by molar-refractivity contribution is -0.203. The van der Waals surface area contributed by atoms with Crippen LogP contribution in [-0.4, -0.2) is 28.8 Å². The van der Waals surface area contributed by atoms with Crippen LogP contribution in [0.15, 0.2) is 6.07 Å². The molecule has 2 aliphatic carbocycles. The molecule has 28 heavy (non-hydrogen) atoms. The van der Waals surface area contributed by atoms with Gasteiger partial charge in [-0.1, -0.05) is 27.7 Å². The van der Waals surface area contributed by atoms with Crippen LogP contribution in [0, 0.1) is 22.7 Å². The van der Waals surface area contributed by atoms with Crippen molar-refractivity contribution in [2.45, 2.75) is 77.7 Å². The van der Waals surface area contributed by atoms with Gasteiger partial charge in [-0.25, -0.2) is 0 Å². The molecule has 3 fully saturated rings. The molecule has 1 aromatic rings. The molecule has 3 aliphatic heterocycles. The van der Waals surface area contributed by atoms with Crippen molar-refractivity contribution in [2.75, 3.05) is 0 Å². The molecule has 6 atom stereocenters. The van der Waals surface area contributed by atoms with Crippen LogP contribution in [0.3, 0.4) is 0 Å². The average molecular weight is 383 g/mol. The zero-order valence-electron chi connectivity index (χ0n) is 17.1. The van der Waals surface area contributed by atoms with Gasteiger partial charge in [0.15, 0.2) is 0 Å². The smallest absolute Gasteiger partial charge is 0.255 e. The van der Waals surface area contributed by atoms with E-state index in [9.17, 15) is 9.90 Å². The van der Waals surface area contributed by atoms with Crippen molar-refractivity contribution in [3.05, 3.63) is 22.8 Å². The Morgan fingerprint density at radius 3 is 2.82 bits per heavy atom. The van der Waals surface area contributed by atoms with Crippen molar-refractivity contribution in [2.24, 2.45) is 22.7 Å². The molecule has 0 unspecified atom stereocenters. The molecule has 1 amide bonds. The van der Waals surface area contributed by atoms with Gasteiger partial charge in [0.2, 0.25) is 0 Å². The summed E-state index contributed by atoms with van der Waals surface area (Å²) in [5, 5.41) is 13.4. The van der Waals surface area contributed by atoms with Crippen molar-refractivity contribution < 1.29 is 19.4 Å². The summed E-state index contributed by atoms with van der Waals surface area (Å²) in [5.41, 5.74) is 2.06. The van der Waals surface area contributed by atoms with Crippen LogP contribution in [0.1, 0.15) is 68.4 Å². The highest BCUT2D eigenvalue weighted by molar-refractivity contribution is 6.02. The van der Waals surface area contributed by atoms with Crippen molar-refractivity contribution in [3.63, 3.8) is 0 Å². The average Bonchev–Trinajstić information content (AvgIpc) is 3.30. The van der Waals surface area contributed by atoms with Crippen LogP contribution >= 0.6 is 0 Å². The van der Waals surface area contributed by atoms with Crippen molar-refractivity contribution >= 4 is 5.91 Å². The normalized spacial score (nSPS) is 44.2. The Morgan fingerprint density at radius 1 is 1.25 bits per heavy atom. The molecule has 150 valence electrons. The zero-order valence-corrected chi connectivity index (χ0v) is 17.1. The summed E-state index contributed by atoms with van der Waals surface area (Å²) in [4.78, 5) is 12.3. The predicted octanol–water partition coefficient (Wildman–Crippen LogP) is 3.56. The second-order valence-corrected chi connectivity index (χ2v) is 10.7. The quantitative estimate of drug-likeness (QED) is 0.672. The molecule has 1 aromatic carbocycles. The number of hydrogen-bond donors (Lipinski definition) is 2. The van der Waals surface area contributed by atoms with E-state index in [1.165, 1.54) is 6.42 Å². The fraction of sp³-hybridized carbons (Fsp3) is 0.696. The van der Waals surface area contributed by atoms with E-state index in [0.717, 1.165) is 36.1 Å². The third-order valence-electron chi connectivity index (χ3n) is 9.15. The molecular weight excluding hydrogens is 354 g/mol. The summed E-state index contributed by atoms with van der Waals surface area (Å²) in [6.45, 7) is 9.89. The monoisotopic (exact) mass is 383 g/mol. The zero-order chi connectivity index (χ0) is 19.6. The largest absolute Gasteiger partial charge is 0.507 e. The maximum atomic E-state index is 12.3. The van der Waals surface area contributed by atoms with E-state index in [1.54, 1.807) is 6.07 Å². The second-order valence-electron chi connectivity index (χ2n) is 10.7. The Kier molecular flexibility index (Phi) is 2.98. The van der Waals surface area contributed by atoms with Gasteiger partial charge in [-0.2, -0.15) is 0 Å². The summed E-state index contributed by atoms with van der Waals surface area (Å²) in [6.07, 6.45) is 4.79. The number of phenolic OH excluding ortho intramolecular Hbond substituents is 1. The molecule has 3 heterocycles. The lowest BCUT2D eigenvalue weighted by atomic mass is 9.44. The molecule has 0 radical (unpaired) electrons. The third kappa shape index (κ3) is 1.76. The SMILES string of the molecule is C[C@H]1CC[C@H]2C(C)(C)[C@H]3O[C@@H]3C[C@]23Oc2c(cc(O)c4c2CNC4=O)C[C@]13C. The third-order valence-corrected chi connectivity index (χ3v) is 9.15. The molecule has 2 N–H and O–H groups in total. The molecule has 0 aromatic heterocycles. The number of fused-ring (bicyclic) bond motifs is 4. The first kappa shape index (κ1) is 17.1. The van der Waals surface area contributed by atoms with Crippen molar-refractivity contribution in [3.8, 4) is 11.5 Å². The Bertz CT molecular complexity index is 924.